The topological polar surface area (TPSA) is 44.3 Å². The summed E-state index contributed by atoms with van der Waals surface area (Å²) in [5, 5.41) is 10.2. The minimum absolute atomic E-state index is 0.626. The van der Waals surface area contributed by atoms with E-state index in [1.807, 2.05) is 54.9 Å². The van der Waals surface area contributed by atoms with Gasteiger partial charge in [-0.25, -0.2) is 4.99 Å². The maximum Gasteiger partial charge on any atom is 0.153 e. The van der Waals surface area contributed by atoms with Crippen LogP contribution < -0.4 is 0 Å². The maximum absolute atomic E-state index is 9.24. The third-order valence-corrected chi connectivity index (χ3v) is 2.60. The van der Waals surface area contributed by atoms with Crippen molar-refractivity contribution in [2.45, 2.75) is 0 Å². The first-order chi connectivity index (χ1) is 8.15. The summed E-state index contributed by atoms with van der Waals surface area (Å²) in [5.74, 6) is 0.697. The summed E-state index contributed by atoms with van der Waals surface area (Å²) in [4.78, 5) is 6.20. The molecule has 17 heavy (non-hydrogen) atoms. The van der Waals surface area contributed by atoms with Crippen molar-refractivity contribution in [2.24, 2.45) is 12.0 Å². The number of aliphatic imine (C=N–C) groups is 1. The van der Waals surface area contributed by atoms with E-state index < -0.39 is 0 Å². The van der Waals surface area contributed by atoms with E-state index in [1.165, 1.54) is 0 Å². The molecule has 2 aromatic rings. The molecule has 0 spiro atoms. The molecule has 0 bridgehead atoms. The zero-order valence-corrected chi connectivity index (χ0v) is 10.2. The first-order valence-electron chi connectivity index (χ1n) is 5.33. The molecule has 2 rings (SSSR count). The fourth-order valence-corrected chi connectivity index (χ4v) is 1.81. The number of para-hydroxylation sites is 1. The third kappa shape index (κ3) is 1.87. The molecule has 0 fully saturated rings. The van der Waals surface area contributed by atoms with E-state index in [0.29, 0.717) is 11.4 Å². The van der Waals surface area contributed by atoms with Crippen molar-refractivity contribution in [1.29, 1.82) is 5.26 Å². The van der Waals surface area contributed by atoms with Crippen molar-refractivity contribution in [3.63, 3.8) is 0 Å². The molecular formula is C13H14N4. The van der Waals surface area contributed by atoms with Crippen LogP contribution in [0.5, 0.6) is 0 Å². The van der Waals surface area contributed by atoms with Gasteiger partial charge in [-0.3, -0.25) is 0 Å². The molecule has 1 aromatic carbocycles. The standard InChI is InChI=1S/C13H14N4/c1-16(2)9-15-13-11(8-14)10-6-4-5-7-12(10)17(13)3/h4-7,9H,1-3H3/b15-9+. The average molecular weight is 226 g/mol. The summed E-state index contributed by atoms with van der Waals surface area (Å²) < 4.78 is 1.94. The molecule has 0 N–H and O–H groups in total. The van der Waals surface area contributed by atoms with E-state index in [2.05, 4.69) is 11.1 Å². The number of hydrogen-bond acceptors (Lipinski definition) is 2. The highest BCUT2D eigenvalue weighted by Gasteiger charge is 2.13. The summed E-state index contributed by atoms with van der Waals surface area (Å²) >= 11 is 0. The summed E-state index contributed by atoms with van der Waals surface area (Å²) in [6.45, 7) is 0. The van der Waals surface area contributed by atoms with Crippen LogP contribution in [0.2, 0.25) is 0 Å². The van der Waals surface area contributed by atoms with Crippen LogP contribution in [-0.2, 0) is 7.05 Å². The van der Waals surface area contributed by atoms with Gasteiger partial charge in [-0.05, 0) is 6.07 Å². The van der Waals surface area contributed by atoms with Gasteiger partial charge in [-0.2, -0.15) is 5.26 Å². The highest BCUT2D eigenvalue weighted by Crippen LogP contribution is 2.30. The Labute approximate surface area is 100 Å². The van der Waals surface area contributed by atoms with Gasteiger partial charge in [-0.15, -0.1) is 0 Å². The number of rotatable bonds is 2. The summed E-state index contributed by atoms with van der Waals surface area (Å²) in [6, 6.07) is 10.1. The second-order valence-corrected chi connectivity index (χ2v) is 4.09. The van der Waals surface area contributed by atoms with Crippen molar-refractivity contribution < 1.29 is 0 Å². The number of fused-ring (bicyclic) bond motifs is 1. The van der Waals surface area contributed by atoms with E-state index in [-0.39, 0.29) is 0 Å². The van der Waals surface area contributed by atoms with Gasteiger partial charge >= 0.3 is 0 Å². The van der Waals surface area contributed by atoms with Gasteiger partial charge in [0.05, 0.1) is 11.9 Å². The van der Waals surface area contributed by atoms with E-state index in [0.717, 1.165) is 10.9 Å². The molecule has 0 saturated heterocycles. The smallest absolute Gasteiger partial charge is 0.153 e. The fourth-order valence-electron chi connectivity index (χ4n) is 1.81. The summed E-state index contributed by atoms with van der Waals surface area (Å²) in [5.41, 5.74) is 1.65. The number of hydrogen-bond donors (Lipinski definition) is 0. The quantitative estimate of drug-likeness (QED) is 0.582. The molecule has 86 valence electrons. The largest absolute Gasteiger partial charge is 0.369 e. The van der Waals surface area contributed by atoms with E-state index in [9.17, 15) is 5.26 Å². The van der Waals surface area contributed by atoms with Crippen LogP contribution in [0.4, 0.5) is 5.82 Å². The van der Waals surface area contributed by atoms with Crippen LogP contribution in [-0.4, -0.2) is 29.9 Å². The summed E-state index contributed by atoms with van der Waals surface area (Å²) in [6.07, 6.45) is 1.70. The predicted molar refractivity (Wildman–Crippen MR) is 69.5 cm³/mol. The molecule has 0 aliphatic carbocycles. The molecule has 0 radical (unpaired) electrons. The van der Waals surface area contributed by atoms with Crippen molar-refractivity contribution in [1.82, 2.24) is 9.47 Å². The van der Waals surface area contributed by atoms with Gasteiger partial charge in [0.1, 0.15) is 11.6 Å². The summed E-state index contributed by atoms with van der Waals surface area (Å²) in [7, 11) is 5.72. The second-order valence-electron chi connectivity index (χ2n) is 4.09. The van der Waals surface area contributed by atoms with Gasteiger partial charge in [0.2, 0.25) is 0 Å². The molecular weight excluding hydrogens is 212 g/mol. The number of nitriles is 1. The Bertz CT molecular complexity index is 614. The molecule has 0 aliphatic rings. The lowest BCUT2D eigenvalue weighted by molar-refractivity contribution is 0.642. The normalized spacial score (nSPS) is 10.9. The highest BCUT2D eigenvalue weighted by molar-refractivity contribution is 5.92. The zero-order valence-electron chi connectivity index (χ0n) is 10.2. The molecule has 1 heterocycles. The van der Waals surface area contributed by atoms with E-state index in [4.69, 9.17) is 0 Å². The Morgan fingerprint density at radius 1 is 1.35 bits per heavy atom. The van der Waals surface area contributed by atoms with Crippen LogP contribution in [0, 0.1) is 11.3 Å². The number of aryl methyl sites for hydroxylation is 1. The lowest BCUT2D eigenvalue weighted by Crippen LogP contribution is -2.07. The number of benzene rings is 1. The van der Waals surface area contributed by atoms with Crippen LogP contribution >= 0.6 is 0 Å². The SMILES string of the molecule is CN(C)/C=N/c1c(C#N)c2ccccc2n1C. The first-order valence-corrected chi connectivity index (χ1v) is 5.33. The molecule has 1 aromatic heterocycles. The lowest BCUT2D eigenvalue weighted by atomic mass is 10.2. The van der Waals surface area contributed by atoms with Gasteiger partial charge < -0.3 is 9.47 Å². The van der Waals surface area contributed by atoms with Gasteiger partial charge in [0, 0.05) is 26.5 Å². The van der Waals surface area contributed by atoms with Crippen LogP contribution in [0.3, 0.4) is 0 Å². The van der Waals surface area contributed by atoms with Crippen LogP contribution in [0.25, 0.3) is 10.9 Å². The minimum atomic E-state index is 0.626. The Hall–Kier alpha value is -2.28. The van der Waals surface area contributed by atoms with Gasteiger partial charge in [0.25, 0.3) is 0 Å². The van der Waals surface area contributed by atoms with Crippen molar-refractivity contribution >= 4 is 23.1 Å². The highest BCUT2D eigenvalue weighted by atomic mass is 15.1. The predicted octanol–water partition coefficient (Wildman–Crippen LogP) is 2.27. The minimum Gasteiger partial charge on any atom is -0.369 e. The Balaban J connectivity index is 2.70. The van der Waals surface area contributed by atoms with Crippen molar-refractivity contribution in [3.05, 3.63) is 29.8 Å². The molecule has 0 saturated carbocycles. The molecule has 0 amide bonds. The van der Waals surface area contributed by atoms with Gasteiger partial charge in [0.15, 0.2) is 5.82 Å². The third-order valence-electron chi connectivity index (χ3n) is 2.60. The molecule has 0 atom stereocenters. The van der Waals surface area contributed by atoms with Crippen molar-refractivity contribution in [3.8, 4) is 6.07 Å². The van der Waals surface area contributed by atoms with E-state index >= 15 is 0 Å². The van der Waals surface area contributed by atoms with Crippen LogP contribution in [0.15, 0.2) is 29.3 Å². The Morgan fingerprint density at radius 3 is 2.71 bits per heavy atom. The average Bonchev–Trinajstić information content (AvgIpc) is 2.60. The Morgan fingerprint density at radius 2 is 2.06 bits per heavy atom. The van der Waals surface area contributed by atoms with Gasteiger partial charge in [-0.1, -0.05) is 18.2 Å². The maximum atomic E-state index is 9.24. The number of nitrogens with zero attached hydrogens (tertiary/aromatic N) is 4. The monoisotopic (exact) mass is 226 g/mol. The molecule has 4 nitrogen and oxygen atoms in total. The number of aromatic nitrogens is 1. The lowest BCUT2D eigenvalue weighted by Gasteiger charge is -2.03. The van der Waals surface area contributed by atoms with Crippen molar-refractivity contribution in [2.75, 3.05) is 14.1 Å². The molecule has 0 aliphatic heterocycles. The first kappa shape index (κ1) is 11.2. The molecule has 4 heteroatoms. The fraction of sp³-hybridized carbons (Fsp3) is 0.231. The zero-order chi connectivity index (χ0) is 12.4. The second kappa shape index (κ2) is 4.30. The molecule has 0 unspecified atom stereocenters. The van der Waals surface area contributed by atoms with E-state index in [1.54, 1.807) is 6.34 Å². The Kier molecular flexibility index (Phi) is 2.84. The van der Waals surface area contributed by atoms with Crippen LogP contribution in [0.1, 0.15) is 5.56 Å².